The number of guanidine groups is 1. The van der Waals surface area contributed by atoms with Crippen LogP contribution in [0.3, 0.4) is 0 Å². The molecule has 21 unspecified atom stereocenters. The van der Waals surface area contributed by atoms with Crippen LogP contribution in [0.4, 0.5) is 0 Å². The Morgan fingerprint density at radius 1 is 0.372 bits per heavy atom. The Morgan fingerprint density at radius 2 is 0.764 bits per heavy atom. The molecule has 2 aliphatic heterocycles. The van der Waals surface area contributed by atoms with Crippen molar-refractivity contribution in [1.82, 2.24) is 106 Å². The molecular formula is C88H146N26O34. The minimum absolute atomic E-state index is 0.00277. The highest BCUT2D eigenvalue weighted by atomic mass is 16.4. The second kappa shape index (κ2) is 64.3. The summed E-state index contributed by atoms with van der Waals surface area (Å²) in [6, 6.07) is -30.8. The van der Waals surface area contributed by atoms with Gasteiger partial charge in [-0.3, -0.25) is 125 Å². The lowest BCUT2D eigenvalue weighted by Crippen LogP contribution is -2.62. The zero-order valence-corrected chi connectivity index (χ0v) is 84.2. The van der Waals surface area contributed by atoms with E-state index in [4.69, 9.17) is 39.2 Å². The number of aliphatic hydroxyl groups is 3. The van der Waals surface area contributed by atoms with Crippen LogP contribution < -0.4 is 124 Å². The standard InChI is InChI=1S/C88H146N26O34/c1-12-41(8)67(111-77(137)52(34-65(128)129)103-76(136)50(29-39(4)5)104-82(142)66(40(6)7)110-80(140)57-21-17-27-114(57)86(146)53(31-58(91)118)106-79(139)56-20-16-26-113(56)85(145)42(9)98-78(138)55(37-115)108-70(130)45(90)30-63(124)125)83(143)105-51(33-64(126)127)71(131)96-35-60(120)99-48(22-23-62(122)123)73(133)100-46(18-13-14-24-89)72(132)102-49(28-38(2)3)75(135)101-47(19-15-25-95-88(93)94)74(134)112-68(43(10)116)81(141)97-36-61(121)109-69(44(11)117)84(144)107-54(87(147)148)32-59(92)119/h38-57,66-69,115-117H,12-37,89-90H2,1-11H3,(H2,91,118)(H2,92,119)(H,96,131)(H,97,141)(H,98,138)(H,99,120)(H,100,133)(H,101,135)(H,102,132)(H,103,136)(H,104,142)(H,105,143)(H,106,139)(H,107,144)(H,108,130)(H,109,121)(H,110,140)(H,111,137)(H,112,134)(H,122,123)(H,124,125)(H,126,127)(H,128,129)(H,147,148)(H4,93,94,95). The summed E-state index contributed by atoms with van der Waals surface area (Å²) in [4.78, 5) is 351. The van der Waals surface area contributed by atoms with Crippen molar-refractivity contribution in [2.75, 3.05) is 45.9 Å². The van der Waals surface area contributed by atoms with Gasteiger partial charge in [0, 0.05) is 26.1 Å². The molecular weight excluding hydrogens is 1970 g/mol. The van der Waals surface area contributed by atoms with Crippen LogP contribution in [0.2, 0.25) is 0 Å². The molecule has 2 rings (SSSR count). The van der Waals surface area contributed by atoms with Crippen molar-refractivity contribution in [1.29, 1.82) is 5.41 Å². The second-order valence-electron chi connectivity index (χ2n) is 37.1. The number of rotatable bonds is 68. The largest absolute Gasteiger partial charge is 0.481 e. The summed E-state index contributed by atoms with van der Waals surface area (Å²) < 4.78 is 0. The van der Waals surface area contributed by atoms with Gasteiger partial charge < -0.3 is 175 Å². The Balaban J connectivity index is 2.42. The number of carboxylic acids is 5. The summed E-state index contributed by atoms with van der Waals surface area (Å²) in [7, 11) is 0. The fraction of sp³-hybridized carbons (Fsp3) is 0.693. The SMILES string of the molecule is CCC(C)C(NC(=O)C(CC(=O)O)NC(=O)C(CC(C)C)NC(=O)C(NC(=O)C1CCCN1C(=O)C(CC(N)=O)NC(=O)C1CCCN1C(=O)C(C)NC(=O)C(CO)NC(=O)C(N)CC(=O)O)C(C)C)C(=O)NC(CC(=O)O)C(=O)NCC(=O)NC(CCC(=O)O)C(=O)NC(CCCCN)C(=O)NC(CC(C)C)C(=O)NC(CCCNC(=N)N)C(=O)NC(C(=O)NCC(=O)NC(C(=O)NC(CC(N)=O)C(=O)O)C(C)O)C(C)O. The van der Waals surface area contributed by atoms with E-state index in [9.17, 15) is 160 Å². The first kappa shape index (κ1) is 129. The molecule has 2 heterocycles. The summed E-state index contributed by atoms with van der Waals surface area (Å²) in [6.45, 7) is 12.3. The Morgan fingerprint density at radius 3 is 1.23 bits per heavy atom. The molecule has 21 amide bonds. The number of hydrogen-bond donors (Lipinski definition) is 32. The van der Waals surface area contributed by atoms with Gasteiger partial charge in [-0.1, -0.05) is 61.8 Å². The van der Waals surface area contributed by atoms with Crippen LogP contribution in [0.25, 0.3) is 0 Å². The number of hydrogen-bond acceptors (Lipinski definition) is 32. The molecule has 0 bridgehead atoms. The van der Waals surface area contributed by atoms with Crippen molar-refractivity contribution in [2.45, 2.75) is 319 Å². The minimum Gasteiger partial charge on any atom is -0.481 e. The molecule has 60 heteroatoms. The normalized spacial score (nSPS) is 17.1. The second-order valence-corrected chi connectivity index (χ2v) is 37.1. The number of unbranched alkanes of at least 4 members (excludes halogenated alkanes) is 1. The lowest BCUT2D eigenvalue weighted by molar-refractivity contribution is -0.145. The number of amides is 21. The zero-order valence-electron chi connectivity index (χ0n) is 84.2. The molecule has 832 valence electrons. The van der Waals surface area contributed by atoms with Crippen LogP contribution in [-0.4, -0.2) is 377 Å². The number of likely N-dealkylation sites (tertiary alicyclic amines) is 2. The van der Waals surface area contributed by atoms with Gasteiger partial charge in [-0.05, 0) is 128 Å². The van der Waals surface area contributed by atoms with E-state index >= 15 is 0 Å². The van der Waals surface area contributed by atoms with Gasteiger partial charge in [0.1, 0.15) is 103 Å². The Labute approximate surface area is 850 Å². The third-order valence-corrected chi connectivity index (χ3v) is 23.2. The zero-order chi connectivity index (χ0) is 113. The summed E-state index contributed by atoms with van der Waals surface area (Å²) in [5.41, 5.74) is 27.4. The summed E-state index contributed by atoms with van der Waals surface area (Å²) >= 11 is 0. The van der Waals surface area contributed by atoms with Crippen molar-refractivity contribution in [3.63, 3.8) is 0 Å². The monoisotopic (exact) mass is 2110 g/mol. The van der Waals surface area contributed by atoms with Gasteiger partial charge in [0.2, 0.25) is 124 Å². The number of aliphatic carboxylic acids is 5. The van der Waals surface area contributed by atoms with E-state index in [-0.39, 0.29) is 103 Å². The Bertz CT molecular complexity index is 4710. The number of nitrogens with one attached hydrogen (secondary N) is 19. The van der Waals surface area contributed by atoms with Crippen molar-refractivity contribution in [3.8, 4) is 0 Å². The molecule has 21 atom stereocenters. The van der Waals surface area contributed by atoms with Gasteiger partial charge in [0.05, 0.1) is 70.1 Å². The third kappa shape index (κ3) is 45.9. The van der Waals surface area contributed by atoms with Crippen molar-refractivity contribution in [3.05, 3.63) is 0 Å². The maximum absolute atomic E-state index is 14.5. The van der Waals surface area contributed by atoms with Crippen molar-refractivity contribution < 1.29 is 166 Å². The molecule has 0 aromatic rings. The number of carbonyl (C=O) groups excluding carboxylic acids is 21. The molecule has 0 spiro atoms. The molecule has 0 aromatic heterocycles. The van der Waals surface area contributed by atoms with Crippen LogP contribution in [0.15, 0.2) is 0 Å². The highest BCUT2D eigenvalue weighted by molar-refractivity contribution is 6.04. The first-order chi connectivity index (χ1) is 69.1. The average molecular weight is 2110 g/mol. The number of aliphatic hydroxyl groups excluding tert-OH is 3. The average Bonchev–Trinajstić information content (AvgIpc) is 1.66. The number of nitrogens with zero attached hydrogens (tertiary/aromatic N) is 2. The molecule has 37 N–H and O–H groups in total. The predicted octanol–water partition coefficient (Wildman–Crippen LogP) is -13.1. The molecule has 2 saturated heterocycles. The van der Waals surface area contributed by atoms with E-state index < -0.39 is 369 Å². The molecule has 0 saturated carbocycles. The first-order valence-corrected chi connectivity index (χ1v) is 48.0. The quantitative estimate of drug-likeness (QED) is 0.0153. The van der Waals surface area contributed by atoms with Gasteiger partial charge in [-0.2, -0.15) is 0 Å². The summed E-state index contributed by atoms with van der Waals surface area (Å²) in [6.07, 6.45) is -10.4. The van der Waals surface area contributed by atoms with Crippen molar-refractivity contribution in [2.24, 2.45) is 52.3 Å². The summed E-state index contributed by atoms with van der Waals surface area (Å²) in [5, 5.41) is 128. The molecule has 0 aromatic carbocycles. The van der Waals surface area contributed by atoms with Crippen LogP contribution in [0, 0.1) is 29.1 Å². The molecule has 2 fully saturated rings. The maximum atomic E-state index is 14.5. The highest BCUT2D eigenvalue weighted by Crippen LogP contribution is 2.24. The summed E-state index contributed by atoms with van der Waals surface area (Å²) in [5.74, 6) is -35.2. The molecule has 60 nitrogen and oxygen atoms in total. The lowest BCUT2D eigenvalue weighted by Gasteiger charge is -2.32. The van der Waals surface area contributed by atoms with E-state index in [2.05, 4.69) is 90.4 Å². The van der Waals surface area contributed by atoms with Crippen LogP contribution in [0.5, 0.6) is 0 Å². The van der Waals surface area contributed by atoms with E-state index in [1.807, 2.05) is 5.32 Å². The molecule has 0 radical (unpaired) electrons. The van der Waals surface area contributed by atoms with Gasteiger partial charge in [0.25, 0.3) is 0 Å². The van der Waals surface area contributed by atoms with E-state index in [0.29, 0.717) is 0 Å². The molecule has 2 aliphatic rings. The van der Waals surface area contributed by atoms with Gasteiger partial charge in [0.15, 0.2) is 5.96 Å². The number of carbonyl (C=O) groups is 26. The Hall–Kier alpha value is -14.7. The highest BCUT2D eigenvalue weighted by Gasteiger charge is 2.46. The van der Waals surface area contributed by atoms with Gasteiger partial charge in [-0.25, -0.2) is 4.79 Å². The first-order valence-electron chi connectivity index (χ1n) is 48.0. The van der Waals surface area contributed by atoms with E-state index in [0.717, 1.165) is 23.6 Å². The minimum atomic E-state index is -2.13. The van der Waals surface area contributed by atoms with Gasteiger partial charge >= 0.3 is 29.8 Å². The van der Waals surface area contributed by atoms with Crippen LogP contribution in [-0.2, 0) is 125 Å². The fourth-order valence-corrected chi connectivity index (χ4v) is 15.2. The number of carboxylic acid groups (broad SMARTS) is 5. The van der Waals surface area contributed by atoms with Crippen molar-refractivity contribution >= 4 is 160 Å². The number of primary amides is 2. The van der Waals surface area contributed by atoms with Crippen LogP contribution in [0.1, 0.15) is 198 Å². The Kier molecular flexibility index (Phi) is 56.2. The molecule has 148 heavy (non-hydrogen) atoms. The number of nitrogens with two attached hydrogens (primary N) is 5. The lowest BCUT2D eigenvalue weighted by atomic mass is 9.96. The van der Waals surface area contributed by atoms with E-state index in [1.165, 1.54) is 34.6 Å². The molecule has 0 aliphatic carbocycles. The maximum Gasteiger partial charge on any atom is 0.326 e. The van der Waals surface area contributed by atoms with E-state index in [1.54, 1.807) is 27.7 Å². The third-order valence-electron chi connectivity index (χ3n) is 23.2. The fourth-order valence-electron chi connectivity index (χ4n) is 15.2. The van der Waals surface area contributed by atoms with Crippen LogP contribution >= 0.6 is 0 Å². The predicted molar refractivity (Wildman–Crippen MR) is 513 cm³/mol. The smallest absolute Gasteiger partial charge is 0.326 e. The topological polar surface area (TPSA) is 983 Å². The van der Waals surface area contributed by atoms with Gasteiger partial charge in [-0.15, -0.1) is 0 Å².